The molecule has 1 aromatic carbocycles. The molecule has 0 bridgehead atoms. The van der Waals surface area contributed by atoms with Gasteiger partial charge in [0, 0.05) is 22.0 Å². The van der Waals surface area contributed by atoms with Crippen molar-refractivity contribution < 1.29 is 9.90 Å². The fraction of sp³-hybridized carbons (Fsp3) is 0.533. The molecule has 0 fully saturated rings. The Morgan fingerprint density at radius 3 is 2.45 bits per heavy atom. The molecule has 1 atom stereocenters. The van der Waals surface area contributed by atoms with E-state index in [2.05, 4.69) is 42.0 Å². The Morgan fingerprint density at radius 2 is 1.95 bits per heavy atom. The lowest BCUT2D eigenvalue weighted by Crippen LogP contribution is -2.45. The number of aliphatic hydroxyl groups excluding tert-OH is 1. The Morgan fingerprint density at radius 1 is 1.35 bits per heavy atom. The standard InChI is InChI=1S/C15H22BrNO2S/c1-15(2,3)13(8-9-18)17-14(19)10-20-12-6-4-11(16)5-7-12/h4-7,13,18H,8-10H2,1-3H3,(H,17,19). The second-order valence-corrected chi connectivity index (χ2v) is 7.71. The monoisotopic (exact) mass is 359 g/mol. The van der Waals surface area contributed by atoms with Gasteiger partial charge < -0.3 is 10.4 Å². The van der Waals surface area contributed by atoms with Crippen LogP contribution < -0.4 is 5.32 Å². The van der Waals surface area contributed by atoms with Gasteiger partial charge in [0.05, 0.1) is 5.75 Å². The van der Waals surface area contributed by atoms with Gasteiger partial charge in [-0.1, -0.05) is 36.7 Å². The SMILES string of the molecule is CC(C)(C)C(CCO)NC(=O)CSc1ccc(Br)cc1. The number of aliphatic hydroxyl groups is 1. The molecule has 20 heavy (non-hydrogen) atoms. The van der Waals surface area contributed by atoms with E-state index >= 15 is 0 Å². The van der Waals surface area contributed by atoms with E-state index in [1.54, 1.807) is 0 Å². The van der Waals surface area contributed by atoms with Crippen LogP contribution in [0.3, 0.4) is 0 Å². The second kappa shape index (κ2) is 8.05. The molecular weight excluding hydrogens is 338 g/mol. The Kier molecular flexibility index (Phi) is 7.06. The summed E-state index contributed by atoms with van der Waals surface area (Å²) in [6.07, 6.45) is 0.582. The average Bonchev–Trinajstić information content (AvgIpc) is 2.36. The fourth-order valence-corrected chi connectivity index (χ4v) is 2.74. The molecule has 0 aromatic heterocycles. The molecule has 0 saturated carbocycles. The minimum Gasteiger partial charge on any atom is -0.396 e. The van der Waals surface area contributed by atoms with E-state index in [0.29, 0.717) is 12.2 Å². The maximum absolute atomic E-state index is 12.0. The Hall–Kier alpha value is -0.520. The molecule has 0 aliphatic carbocycles. The van der Waals surface area contributed by atoms with Gasteiger partial charge in [0.15, 0.2) is 0 Å². The van der Waals surface area contributed by atoms with Crippen molar-refractivity contribution in [3.8, 4) is 0 Å². The zero-order chi connectivity index (χ0) is 15.2. The minimum absolute atomic E-state index is 0.00583. The number of carbonyl (C=O) groups excluding carboxylic acids is 1. The van der Waals surface area contributed by atoms with Gasteiger partial charge in [0.1, 0.15) is 0 Å². The van der Waals surface area contributed by atoms with E-state index in [0.717, 1.165) is 9.37 Å². The van der Waals surface area contributed by atoms with Gasteiger partial charge >= 0.3 is 0 Å². The number of halogens is 1. The molecule has 0 aliphatic heterocycles. The number of amides is 1. The summed E-state index contributed by atoms with van der Waals surface area (Å²) in [5.74, 6) is 0.394. The molecule has 0 aliphatic rings. The number of hydrogen-bond donors (Lipinski definition) is 2. The van der Waals surface area contributed by atoms with E-state index in [4.69, 9.17) is 5.11 Å². The smallest absolute Gasteiger partial charge is 0.230 e. The third kappa shape index (κ3) is 6.29. The van der Waals surface area contributed by atoms with E-state index in [-0.39, 0.29) is 24.0 Å². The number of nitrogens with one attached hydrogen (secondary N) is 1. The fourth-order valence-electron chi connectivity index (χ4n) is 1.77. The maximum Gasteiger partial charge on any atom is 0.230 e. The van der Waals surface area contributed by atoms with Crippen molar-refractivity contribution in [3.63, 3.8) is 0 Å². The van der Waals surface area contributed by atoms with E-state index in [1.165, 1.54) is 11.8 Å². The lowest BCUT2D eigenvalue weighted by atomic mass is 9.85. The summed E-state index contributed by atoms with van der Waals surface area (Å²) in [5.41, 5.74) is -0.0549. The first-order valence-corrected chi connectivity index (χ1v) is 8.39. The summed E-state index contributed by atoms with van der Waals surface area (Å²) in [6, 6.07) is 7.88. The molecule has 0 saturated heterocycles. The van der Waals surface area contributed by atoms with Crippen molar-refractivity contribution in [3.05, 3.63) is 28.7 Å². The van der Waals surface area contributed by atoms with Crippen LogP contribution in [0.5, 0.6) is 0 Å². The summed E-state index contributed by atoms with van der Waals surface area (Å²) in [5, 5.41) is 12.1. The highest BCUT2D eigenvalue weighted by molar-refractivity contribution is 9.10. The minimum atomic E-state index is -0.0549. The molecule has 0 spiro atoms. The Balaban J connectivity index is 2.47. The molecule has 5 heteroatoms. The van der Waals surface area contributed by atoms with Crippen LogP contribution in [0.2, 0.25) is 0 Å². The van der Waals surface area contributed by atoms with Crippen molar-refractivity contribution in [1.29, 1.82) is 0 Å². The largest absolute Gasteiger partial charge is 0.396 e. The zero-order valence-electron chi connectivity index (χ0n) is 12.1. The first-order chi connectivity index (χ1) is 9.32. The van der Waals surface area contributed by atoms with Crippen molar-refractivity contribution in [2.75, 3.05) is 12.4 Å². The van der Waals surface area contributed by atoms with Crippen molar-refractivity contribution in [1.82, 2.24) is 5.32 Å². The Bertz CT molecular complexity index is 428. The van der Waals surface area contributed by atoms with E-state index in [1.807, 2.05) is 24.3 Å². The molecule has 2 N–H and O–H groups in total. The van der Waals surface area contributed by atoms with Crippen molar-refractivity contribution in [2.24, 2.45) is 5.41 Å². The van der Waals surface area contributed by atoms with Gasteiger partial charge in [-0.3, -0.25) is 4.79 Å². The topological polar surface area (TPSA) is 49.3 Å². The van der Waals surface area contributed by atoms with Crippen LogP contribution in [0.25, 0.3) is 0 Å². The number of rotatable bonds is 6. The molecule has 0 heterocycles. The number of benzene rings is 1. The molecule has 1 rings (SSSR count). The maximum atomic E-state index is 12.0. The zero-order valence-corrected chi connectivity index (χ0v) is 14.6. The van der Waals surface area contributed by atoms with Gasteiger partial charge in [-0.2, -0.15) is 0 Å². The predicted molar refractivity (Wildman–Crippen MR) is 88.0 cm³/mol. The number of hydrogen-bond acceptors (Lipinski definition) is 3. The van der Waals surface area contributed by atoms with Crippen LogP contribution in [0.4, 0.5) is 0 Å². The summed E-state index contributed by atoms with van der Waals surface area (Å²) in [6.45, 7) is 6.28. The van der Waals surface area contributed by atoms with Gasteiger partial charge in [0.25, 0.3) is 0 Å². The third-order valence-electron chi connectivity index (χ3n) is 2.98. The van der Waals surface area contributed by atoms with Gasteiger partial charge in [-0.25, -0.2) is 0 Å². The highest BCUT2D eigenvalue weighted by Gasteiger charge is 2.25. The van der Waals surface area contributed by atoms with Crippen LogP contribution in [0.1, 0.15) is 27.2 Å². The van der Waals surface area contributed by atoms with Gasteiger partial charge in [0.2, 0.25) is 5.91 Å². The molecule has 1 amide bonds. The van der Waals surface area contributed by atoms with Crippen LogP contribution in [-0.2, 0) is 4.79 Å². The first-order valence-electron chi connectivity index (χ1n) is 6.61. The third-order valence-corrected chi connectivity index (χ3v) is 4.52. The lowest BCUT2D eigenvalue weighted by molar-refractivity contribution is -0.120. The van der Waals surface area contributed by atoms with E-state index < -0.39 is 0 Å². The van der Waals surface area contributed by atoms with Crippen LogP contribution in [-0.4, -0.2) is 29.4 Å². The molecular formula is C15H22BrNO2S. The van der Waals surface area contributed by atoms with Crippen molar-refractivity contribution in [2.45, 2.75) is 38.1 Å². The molecule has 1 unspecified atom stereocenters. The second-order valence-electron chi connectivity index (χ2n) is 5.74. The van der Waals surface area contributed by atoms with Crippen LogP contribution in [0, 0.1) is 5.41 Å². The van der Waals surface area contributed by atoms with Crippen LogP contribution in [0.15, 0.2) is 33.6 Å². The summed E-state index contributed by atoms with van der Waals surface area (Å²) >= 11 is 4.90. The summed E-state index contributed by atoms with van der Waals surface area (Å²) < 4.78 is 1.03. The predicted octanol–water partition coefficient (Wildman–Crippen LogP) is 3.45. The molecule has 1 aromatic rings. The van der Waals surface area contributed by atoms with Crippen LogP contribution >= 0.6 is 27.7 Å². The summed E-state index contributed by atoms with van der Waals surface area (Å²) in [4.78, 5) is 13.1. The average molecular weight is 360 g/mol. The number of thioether (sulfide) groups is 1. The molecule has 0 radical (unpaired) electrons. The first kappa shape index (κ1) is 17.5. The highest BCUT2D eigenvalue weighted by Crippen LogP contribution is 2.23. The van der Waals surface area contributed by atoms with E-state index in [9.17, 15) is 4.79 Å². The normalized spacial score (nSPS) is 13.1. The number of carbonyl (C=O) groups is 1. The van der Waals surface area contributed by atoms with Gasteiger partial charge in [-0.15, -0.1) is 11.8 Å². The molecule has 3 nitrogen and oxygen atoms in total. The molecule has 112 valence electrons. The quantitative estimate of drug-likeness (QED) is 0.764. The summed E-state index contributed by atoms with van der Waals surface area (Å²) in [7, 11) is 0. The highest BCUT2D eigenvalue weighted by atomic mass is 79.9. The lowest BCUT2D eigenvalue weighted by Gasteiger charge is -2.31. The van der Waals surface area contributed by atoms with Crippen molar-refractivity contribution >= 4 is 33.6 Å². The Labute approximate surface area is 133 Å². The van der Waals surface area contributed by atoms with Gasteiger partial charge in [-0.05, 0) is 36.1 Å².